The third-order valence-corrected chi connectivity index (χ3v) is 12.3. The summed E-state index contributed by atoms with van der Waals surface area (Å²) in [4.78, 5) is 40.5. The molecule has 4 unspecified atom stereocenters. The van der Waals surface area contributed by atoms with Crippen molar-refractivity contribution in [1.29, 1.82) is 0 Å². The van der Waals surface area contributed by atoms with Crippen LogP contribution >= 0.6 is 0 Å². The highest BCUT2D eigenvalue weighted by Gasteiger charge is 2.49. The Morgan fingerprint density at radius 3 is 1.12 bits per heavy atom. The van der Waals surface area contributed by atoms with E-state index in [9.17, 15) is 19.8 Å². The molecule has 4 aliphatic rings. The normalized spacial score (nSPS) is 24.0. The number of carboxylic acid groups (broad SMARTS) is 2. The topological polar surface area (TPSA) is 164 Å². The molecular formula is C52H46N4O8. The average Bonchev–Trinajstić information content (AvgIpc) is 4.15. The fourth-order valence-electron chi connectivity index (χ4n) is 9.37. The van der Waals surface area contributed by atoms with Gasteiger partial charge in [0.1, 0.15) is 23.0 Å². The third-order valence-electron chi connectivity index (χ3n) is 12.3. The van der Waals surface area contributed by atoms with Crippen LogP contribution in [0.3, 0.4) is 0 Å². The van der Waals surface area contributed by atoms with E-state index < -0.39 is 35.9 Å². The molecule has 4 atom stereocenters. The minimum atomic E-state index is -1.04. The van der Waals surface area contributed by atoms with Gasteiger partial charge in [0.15, 0.2) is 0 Å². The zero-order valence-electron chi connectivity index (χ0n) is 35.7. The van der Waals surface area contributed by atoms with Crippen LogP contribution < -0.4 is 35.0 Å². The summed E-state index contributed by atoms with van der Waals surface area (Å²) < 4.78 is 22.2. The van der Waals surface area contributed by atoms with Gasteiger partial charge in [-0.15, -0.1) is 0 Å². The molecule has 12 nitrogen and oxygen atoms in total. The number of benzene rings is 4. The van der Waals surface area contributed by atoms with Crippen molar-refractivity contribution in [2.24, 2.45) is 21.8 Å². The van der Waals surface area contributed by atoms with E-state index in [1.807, 2.05) is 133 Å². The monoisotopic (exact) mass is 854 g/mol. The predicted molar refractivity (Wildman–Crippen MR) is 246 cm³/mol. The molecule has 8 bridgehead atoms. The zero-order valence-corrected chi connectivity index (χ0v) is 35.7. The van der Waals surface area contributed by atoms with Crippen molar-refractivity contribution in [3.63, 3.8) is 0 Å². The van der Waals surface area contributed by atoms with E-state index in [1.165, 1.54) is 0 Å². The second-order valence-corrected chi connectivity index (χ2v) is 15.9. The highest BCUT2D eigenvalue weighted by Crippen LogP contribution is 2.47. The lowest BCUT2D eigenvalue weighted by atomic mass is 9.76. The molecule has 1 saturated heterocycles. The van der Waals surface area contributed by atoms with E-state index in [4.69, 9.17) is 28.9 Å². The lowest BCUT2D eigenvalue weighted by Crippen LogP contribution is -2.35. The zero-order chi connectivity index (χ0) is 44.5. The van der Waals surface area contributed by atoms with E-state index >= 15 is 0 Å². The van der Waals surface area contributed by atoms with Gasteiger partial charge in [-0.2, -0.15) is 0 Å². The summed E-state index contributed by atoms with van der Waals surface area (Å²) in [5, 5.41) is 26.7. The van der Waals surface area contributed by atoms with Gasteiger partial charge in [0.2, 0.25) is 0 Å². The van der Waals surface area contributed by atoms with Crippen molar-refractivity contribution in [3.05, 3.63) is 178 Å². The average molecular weight is 855 g/mol. The van der Waals surface area contributed by atoms with Crippen LogP contribution in [0.2, 0.25) is 0 Å². The van der Waals surface area contributed by atoms with Crippen molar-refractivity contribution in [2.45, 2.75) is 24.9 Å². The molecule has 0 radical (unpaired) electrons. The van der Waals surface area contributed by atoms with Crippen molar-refractivity contribution in [3.8, 4) is 23.0 Å². The summed E-state index contributed by atoms with van der Waals surface area (Å²) >= 11 is 0. The van der Waals surface area contributed by atoms with E-state index in [0.717, 1.165) is 55.2 Å². The van der Waals surface area contributed by atoms with Crippen molar-refractivity contribution in [1.82, 2.24) is 10.3 Å². The summed E-state index contributed by atoms with van der Waals surface area (Å²) in [7, 11) is 6.46. The maximum Gasteiger partial charge on any atom is 0.303 e. The molecule has 4 N–H and O–H groups in total. The number of methoxy groups -OCH3 is 4. The highest BCUT2D eigenvalue weighted by molar-refractivity contribution is 6.31. The number of carbonyl (C=O) groups is 2. The van der Waals surface area contributed by atoms with E-state index in [2.05, 4.69) is 10.3 Å². The van der Waals surface area contributed by atoms with Crippen LogP contribution in [0.25, 0.3) is 22.3 Å². The standard InChI is InChI=1S/C52H46N4O8/c1-61-33-13-5-29(6-14-33)47-39-21-22-40(53-39)48(30-7-15-34(62-2)16-8-30)42-24-26-44(55-42)50(32-11-19-36(64-4)20-12-32)52-38(28-46(59)60)37(27-45(57)58)51(56-52)49(43-25-23-41(47)54-43)31-9-17-35(63-3)18-10-31/h5-26,37-38,51-53,56H,27-28H2,1-4H3,(H,57,58)(H,59,60)/b47-39-,48-40-,49-43-,50-44-. The number of aromatic nitrogens is 1. The van der Waals surface area contributed by atoms with Gasteiger partial charge in [-0.1, -0.05) is 48.5 Å². The Hall–Kier alpha value is -7.70. The first kappa shape index (κ1) is 41.6. The number of fused-ring (bicyclic) bond motifs is 6. The number of carboxylic acids is 2. The molecule has 4 aromatic carbocycles. The molecule has 9 rings (SSSR count). The maximum absolute atomic E-state index is 13.0. The molecule has 1 aromatic heterocycles. The van der Waals surface area contributed by atoms with Crippen LogP contribution in [0.1, 0.15) is 35.1 Å². The molecule has 64 heavy (non-hydrogen) atoms. The van der Waals surface area contributed by atoms with Crippen LogP contribution in [0.4, 0.5) is 0 Å². The quantitative estimate of drug-likeness (QED) is 0.105. The van der Waals surface area contributed by atoms with E-state index in [-0.39, 0.29) is 12.8 Å². The minimum absolute atomic E-state index is 0.307. The molecule has 322 valence electrons. The molecular weight excluding hydrogens is 809 g/mol. The fraction of sp³-hybridized carbons (Fsp3) is 0.192. The van der Waals surface area contributed by atoms with Gasteiger partial charge in [0, 0.05) is 45.1 Å². The lowest BCUT2D eigenvalue weighted by molar-refractivity contribution is -0.141. The van der Waals surface area contributed by atoms with Gasteiger partial charge in [0.05, 0.1) is 64.1 Å². The number of rotatable bonds is 12. The lowest BCUT2D eigenvalue weighted by Gasteiger charge is -2.26. The Bertz CT molecular complexity index is 2760. The number of aliphatic imine (C=N–C) groups is 2. The summed E-state index contributed by atoms with van der Waals surface area (Å²) in [5.74, 6) is -0.784. The Kier molecular flexibility index (Phi) is 11.4. The molecule has 0 saturated carbocycles. The van der Waals surface area contributed by atoms with Crippen molar-refractivity contribution in [2.75, 3.05) is 28.4 Å². The molecule has 0 aliphatic carbocycles. The molecule has 4 aliphatic heterocycles. The summed E-state index contributed by atoms with van der Waals surface area (Å²) in [6, 6.07) is 33.5. The van der Waals surface area contributed by atoms with E-state index in [1.54, 1.807) is 28.4 Å². The number of nitrogens with one attached hydrogen (secondary N) is 2. The van der Waals surface area contributed by atoms with Gasteiger partial charge < -0.3 is 39.5 Å². The molecule has 0 spiro atoms. The predicted octanol–water partition coefficient (Wildman–Crippen LogP) is 6.83. The van der Waals surface area contributed by atoms with Gasteiger partial charge in [-0.3, -0.25) is 9.59 Å². The fourth-order valence-corrected chi connectivity index (χ4v) is 9.37. The number of aliphatic carboxylic acids is 2. The van der Waals surface area contributed by atoms with Crippen molar-refractivity contribution < 1.29 is 38.7 Å². The first-order chi connectivity index (χ1) is 31.2. The molecule has 12 heteroatoms. The van der Waals surface area contributed by atoms with Crippen molar-refractivity contribution >= 4 is 45.7 Å². The van der Waals surface area contributed by atoms with E-state index in [0.29, 0.717) is 45.8 Å². The molecule has 0 amide bonds. The van der Waals surface area contributed by atoms with Crippen LogP contribution in [0, 0.1) is 11.8 Å². The Balaban J connectivity index is 1.41. The molecule has 5 heterocycles. The second kappa shape index (κ2) is 17.6. The summed E-state index contributed by atoms with van der Waals surface area (Å²) in [6.07, 6.45) is 7.23. The number of hydrogen-bond donors (Lipinski definition) is 4. The third kappa shape index (κ3) is 7.95. The molecule has 1 fully saturated rings. The second-order valence-electron chi connectivity index (χ2n) is 15.9. The number of ether oxygens (including phenoxy) is 4. The SMILES string of the molecule is COc1ccc(/C2=C3\C=CC(=N3)/C(c3ccc(OC)cc3)=c3/cc/c([nH]3)=C(\c3ccc(OC)cc3)C3=N/C(=C(/c4ccc(OC)cc4)C4NC2C(CC(=O)O)C4CC(=O)O)C=C3)cc1. The first-order valence-electron chi connectivity index (χ1n) is 20.9. The van der Waals surface area contributed by atoms with Gasteiger partial charge in [-0.25, -0.2) is 9.98 Å². The van der Waals surface area contributed by atoms with Crippen LogP contribution in [-0.2, 0) is 9.59 Å². The number of nitrogens with zero attached hydrogens (tertiary/aromatic N) is 2. The van der Waals surface area contributed by atoms with Gasteiger partial charge >= 0.3 is 11.9 Å². The van der Waals surface area contributed by atoms with Crippen LogP contribution in [0.5, 0.6) is 23.0 Å². The van der Waals surface area contributed by atoms with Gasteiger partial charge in [0.25, 0.3) is 0 Å². The number of hydrogen-bond acceptors (Lipinski definition) is 9. The van der Waals surface area contributed by atoms with Crippen LogP contribution in [-0.4, -0.2) is 79.1 Å². The number of H-pyrrole nitrogens is 1. The largest absolute Gasteiger partial charge is 0.497 e. The maximum atomic E-state index is 13.0. The Labute approximate surface area is 369 Å². The first-order valence-corrected chi connectivity index (χ1v) is 20.9. The number of allylic oxidation sites excluding steroid dienone is 4. The Morgan fingerprint density at radius 2 is 0.812 bits per heavy atom. The molecule has 5 aromatic rings. The van der Waals surface area contributed by atoms with Crippen LogP contribution in [0.15, 0.2) is 155 Å². The number of aromatic amines is 1. The highest BCUT2D eigenvalue weighted by atomic mass is 16.5. The van der Waals surface area contributed by atoms with Gasteiger partial charge in [-0.05, 0) is 119 Å². The summed E-state index contributed by atoms with van der Waals surface area (Å²) in [6.45, 7) is 0. The smallest absolute Gasteiger partial charge is 0.303 e. The Morgan fingerprint density at radius 1 is 0.484 bits per heavy atom. The minimum Gasteiger partial charge on any atom is -0.497 e. The summed E-state index contributed by atoms with van der Waals surface area (Å²) in [5.41, 5.74) is 8.99.